The average Bonchev–Trinajstić information content (AvgIpc) is 1.97. The van der Waals surface area contributed by atoms with Crippen LogP contribution in [0.4, 0.5) is 0 Å². The van der Waals surface area contributed by atoms with Crippen molar-refractivity contribution in [2.24, 2.45) is 29.1 Å². The van der Waals surface area contributed by atoms with Gasteiger partial charge in [0.05, 0.1) is 0 Å². The number of allylic oxidation sites excluding steroid dienone is 1. The first kappa shape index (κ1) is 8.08. The summed E-state index contributed by atoms with van der Waals surface area (Å²) in [6.07, 6.45) is 9.50. The molecule has 0 spiro atoms. The Balaban J connectivity index is 1.75. The fraction of sp³-hybridized carbons (Fsp3) is 0.846. The van der Waals surface area contributed by atoms with E-state index in [0.29, 0.717) is 5.41 Å². The van der Waals surface area contributed by atoms with Gasteiger partial charge in [-0.15, -0.1) is 6.58 Å². The maximum absolute atomic E-state index is 3.90. The van der Waals surface area contributed by atoms with Gasteiger partial charge in [-0.3, -0.25) is 0 Å². The highest BCUT2D eigenvalue weighted by Crippen LogP contribution is 2.67. The van der Waals surface area contributed by atoms with Crippen LogP contribution in [0.5, 0.6) is 0 Å². The Hall–Kier alpha value is -0.260. The second-order valence-corrected chi connectivity index (χ2v) is 6.04. The van der Waals surface area contributed by atoms with Gasteiger partial charge in [0.15, 0.2) is 0 Å². The van der Waals surface area contributed by atoms with Crippen LogP contribution in [0.1, 0.15) is 39.0 Å². The molecular weight excluding hydrogens is 156 g/mol. The zero-order valence-corrected chi connectivity index (χ0v) is 8.63. The molecule has 3 saturated carbocycles. The van der Waals surface area contributed by atoms with Crippen LogP contribution in [0.2, 0.25) is 0 Å². The first-order chi connectivity index (χ1) is 6.22. The molecule has 0 heterocycles. The Morgan fingerprint density at radius 2 is 1.85 bits per heavy atom. The molecule has 0 aliphatic heterocycles. The molecule has 3 fully saturated rings. The lowest BCUT2D eigenvalue weighted by atomic mass is 9.40. The molecule has 0 radical (unpaired) electrons. The smallest absolute Gasteiger partial charge is 0.0286 e. The molecule has 2 unspecified atom stereocenters. The van der Waals surface area contributed by atoms with Gasteiger partial charge in [-0.05, 0) is 61.2 Å². The van der Waals surface area contributed by atoms with Gasteiger partial charge in [-0.25, -0.2) is 0 Å². The van der Waals surface area contributed by atoms with E-state index in [1.54, 1.807) is 12.8 Å². The normalized spacial score (nSPS) is 57.3. The van der Waals surface area contributed by atoms with Crippen molar-refractivity contribution in [2.45, 2.75) is 39.0 Å². The highest BCUT2D eigenvalue weighted by atomic mass is 14.6. The van der Waals surface area contributed by atoms with Crippen LogP contribution in [0.3, 0.4) is 0 Å². The van der Waals surface area contributed by atoms with Crippen molar-refractivity contribution in [3.63, 3.8) is 0 Å². The van der Waals surface area contributed by atoms with Crippen LogP contribution in [0, 0.1) is 29.1 Å². The molecule has 0 aromatic rings. The fourth-order valence-corrected chi connectivity index (χ4v) is 4.57. The number of hydrogen-bond acceptors (Lipinski definition) is 0. The molecule has 2 atom stereocenters. The molecule has 0 nitrogen and oxygen atoms in total. The third kappa shape index (κ3) is 0.978. The first-order valence-electron chi connectivity index (χ1n) is 5.83. The van der Waals surface area contributed by atoms with Crippen LogP contribution in [0.25, 0.3) is 0 Å². The molecular formula is C13H20. The minimum atomic E-state index is 0.624. The second kappa shape index (κ2) is 2.40. The summed E-state index contributed by atoms with van der Waals surface area (Å²) in [5, 5.41) is 0. The Bertz CT molecular complexity index is 224. The predicted octanol–water partition coefficient (Wildman–Crippen LogP) is 3.63. The van der Waals surface area contributed by atoms with Crippen LogP contribution in [-0.2, 0) is 0 Å². The Labute approximate surface area is 81.4 Å². The minimum Gasteiger partial charge on any atom is -0.103 e. The van der Waals surface area contributed by atoms with Crippen LogP contribution < -0.4 is 0 Å². The van der Waals surface area contributed by atoms with Gasteiger partial charge in [-0.2, -0.15) is 0 Å². The molecule has 13 heavy (non-hydrogen) atoms. The third-order valence-electron chi connectivity index (χ3n) is 4.99. The van der Waals surface area contributed by atoms with E-state index < -0.39 is 0 Å². The molecule has 0 aromatic heterocycles. The largest absolute Gasteiger partial charge is 0.103 e. The SMILES string of the molecule is C=CCC1(C)CC2CC3CC(C1)C32. The highest BCUT2D eigenvalue weighted by molar-refractivity contribution is 5.09. The van der Waals surface area contributed by atoms with E-state index in [1.165, 1.54) is 31.1 Å². The summed E-state index contributed by atoms with van der Waals surface area (Å²) in [5.41, 5.74) is 0.624. The Morgan fingerprint density at radius 3 is 2.31 bits per heavy atom. The van der Waals surface area contributed by atoms with Gasteiger partial charge in [0, 0.05) is 0 Å². The van der Waals surface area contributed by atoms with E-state index in [2.05, 4.69) is 19.6 Å². The van der Waals surface area contributed by atoms with Gasteiger partial charge in [0.1, 0.15) is 0 Å². The Kier molecular flexibility index (Phi) is 1.49. The van der Waals surface area contributed by atoms with Crippen LogP contribution in [0.15, 0.2) is 12.7 Å². The zero-order valence-electron chi connectivity index (χ0n) is 8.63. The van der Waals surface area contributed by atoms with E-state index in [9.17, 15) is 0 Å². The molecule has 0 aromatic carbocycles. The average molecular weight is 176 g/mol. The van der Waals surface area contributed by atoms with Gasteiger partial charge in [-0.1, -0.05) is 13.0 Å². The van der Waals surface area contributed by atoms with Gasteiger partial charge >= 0.3 is 0 Å². The molecule has 3 aliphatic rings. The molecule has 0 bridgehead atoms. The van der Waals surface area contributed by atoms with Crippen molar-refractivity contribution in [3.8, 4) is 0 Å². The van der Waals surface area contributed by atoms with Crippen molar-refractivity contribution in [2.75, 3.05) is 0 Å². The zero-order chi connectivity index (χ0) is 9.05. The second-order valence-electron chi connectivity index (χ2n) is 6.04. The lowest BCUT2D eigenvalue weighted by Gasteiger charge is -2.65. The maximum Gasteiger partial charge on any atom is -0.0286 e. The van der Waals surface area contributed by atoms with Crippen LogP contribution in [-0.4, -0.2) is 0 Å². The summed E-state index contributed by atoms with van der Waals surface area (Å²) < 4.78 is 0. The minimum absolute atomic E-state index is 0.624. The van der Waals surface area contributed by atoms with Crippen LogP contribution >= 0.6 is 0 Å². The van der Waals surface area contributed by atoms with E-state index in [-0.39, 0.29) is 0 Å². The monoisotopic (exact) mass is 176 g/mol. The number of hydrogen-bond donors (Lipinski definition) is 0. The molecule has 0 saturated heterocycles. The highest BCUT2D eigenvalue weighted by Gasteiger charge is 2.58. The van der Waals surface area contributed by atoms with Crippen molar-refractivity contribution >= 4 is 0 Å². The molecule has 3 rings (SSSR count). The predicted molar refractivity (Wildman–Crippen MR) is 55.3 cm³/mol. The van der Waals surface area contributed by atoms with Crippen molar-refractivity contribution < 1.29 is 0 Å². The summed E-state index contributed by atoms with van der Waals surface area (Å²) in [6, 6.07) is 0. The molecule has 0 N–H and O–H groups in total. The van der Waals surface area contributed by atoms with Crippen molar-refractivity contribution in [1.29, 1.82) is 0 Å². The maximum atomic E-state index is 3.90. The van der Waals surface area contributed by atoms with Crippen molar-refractivity contribution in [1.82, 2.24) is 0 Å². The lowest BCUT2D eigenvalue weighted by molar-refractivity contribution is -0.157. The third-order valence-corrected chi connectivity index (χ3v) is 4.99. The van der Waals surface area contributed by atoms with Gasteiger partial charge < -0.3 is 0 Å². The summed E-state index contributed by atoms with van der Waals surface area (Å²) in [6.45, 7) is 6.38. The number of rotatable bonds is 2. The summed E-state index contributed by atoms with van der Waals surface area (Å²) in [4.78, 5) is 0. The topological polar surface area (TPSA) is 0 Å². The standard InChI is InChI=1S/C13H20/c1-3-4-13(2)7-10-5-9-6-11(8-13)12(9)10/h3,9-12H,1,4-8H2,2H3. The van der Waals surface area contributed by atoms with Crippen molar-refractivity contribution in [3.05, 3.63) is 12.7 Å². The molecule has 0 heteroatoms. The Morgan fingerprint density at radius 1 is 1.23 bits per heavy atom. The molecule has 0 amide bonds. The quantitative estimate of drug-likeness (QED) is 0.563. The first-order valence-corrected chi connectivity index (χ1v) is 5.83. The van der Waals surface area contributed by atoms with E-state index in [0.717, 1.165) is 11.8 Å². The summed E-state index contributed by atoms with van der Waals surface area (Å²) >= 11 is 0. The van der Waals surface area contributed by atoms with Gasteiger partial charge in [0.25, 0.3) is 0 Å². The summed E-state index contributed by atoms with van der Waals surface area (Å²) in [5.74, 6) is 4.58. The molecule has 3 aliphatic carbocycles. The summed E-state index contributed by atoms with van der Waals surface area (Å²) in [7, 11) is 0. The van der Waals surface area contributed by atoms with Gasteiger partial charge in [0.2, 0.25) is 0 Å². The fourth-order valence-electron chi connectivity index (χ4n) is 4.57. The lowest BCUT2D eigenvalue weighted by Crippen LogP contribution is -2.57. The van der Waals surface area contributed by atoms with E-state index in [4.69, 9.17) is 0 Å². The van der Waals surface area contributed by atoms with E-state index >= 15 is 0 Å². The molecule has 72 valence electrons. The van der Waals surface area contributed by atoms with E-state index in [1.807, 2.05) is 0 Å².